The molecule has 1 fully saturated rings. The van der Waals surface area contributed by atoms with E-state index >= 15 is 0 Å². The van der Waals surface area contributed by atoms with Gasteiger partial charge in [-0.25, -0.2) is 4.98 Å². The average molecular weight is 252 g/mol. The number of pyridine rings is 1. The number of nitrogens with two attached hydrogens (primary N) is 1. The summed E-state index contributed by atoms with van der Waals surface area (Å²) in [6.45, 7) is 1.97. The molecule has 1 aromatic heterocycles. The second kappa shape index (κ2) is 5.77. The van der Waals surface area contributed by atoms with Crippen molar-refractivity contribution in [2.24, 2.45) is 5.73 Å². The predicted octanol–water partition coefficient (Wildman–Crippen LogP) is 0.582. The molecule has 0 atom stereocenters. The number of piperidine rings is 1. The van der Waals surface area contributed by atoms with Crippen LogP contribution in [0.3, 0.4) is 0 Å². The molecule has 6 heteroatoms. The molecule has 1 amide bonds. The Hall–Kier alpha value is -1.69. The third-order valence-corrected chi connectivity index (χ3v) is 3.06. The first-order chi connectivity index (χ1) is 8.63. The predicted molar refractivity (Wildman–Crippen MR) is 66.5 cm³/mol. The molecular formula is C12H17FN4O. The third-order valence-electron chi connectivity index (χ3n) is 3.06. The Morgan fingerprint density at radius 2 is 2.28 bits per heavy atom. The number of carbonyl (C=O) groups excluding carboxylic acids is 1. The molecule has 1 aliphatic heterocycles. The minimum absolute atomic E-state index is 0.294. The van der Waals surface area contributed by atoms with Crippen molar-refractivity contribution in [1.82, 2.24) is 9.88 Å². The molecule has 0 aliphatic carbocycles. The summed E-state index contributed by atoms with van der Waals surface area (Å²) in [5.74, 6) is -0.774. The number of rotatable bonds is 4. The minimum Gasteiger partial charge on any atom is -0.382 e. The molecule has 98 valence electrons. The highest BCUT2D eigenvalue weighted by molar-refractivity contribution is 5.75. The van der Waals surface area contributed by atoms with Gasteiger partial charge in [0.05, 0.1) is 6.54 Å². The first-order valence-electron chi connectivity index (χ1n) is 6.02. The molecule has 0 saturated carbocycles. The zero-order valence-electron chi connectivity index (χ0n) is 10.1. The van der Waals surface area contributed by atoms with Gasteiger partial charge in [0.1, 0.15) is 0 Å². The van der Waals surface area contributed by atoms with Gasteiger partial charge in [-0.1, -0.05) is 0 Å². The summed E-state index contributed by atoms with van der Waals surface area (Å²) in [5.41, 5.74) is 5.90. The number of nitrogens with one attached hydrogen (secondary N) is 1. The van der Waals surface area contributed by atoms with E-state index in [1.165, 1.54) is 12.3 Å². The van der Waals surface area contributed by atoms with Crippen molar-refractivity contribution in [1.29, 1.82) is 0 Å². The van der Waals surface area contributed by atoms with Crippen LogP contribution < -0.4 is 11.1 Å². The minimum atomic E-state index is -0.480. The standard InChI is InChI=1S/C12H17FN4O/c13-11-7-10(1-4-15-11)16-9-2-5-17(6-3-9)8-12(14)18/h1,4,7,9H,2-3,5-6,8H2,(H2,14,18)(H,15,16). The molecule has 2 heterocycles. The molecule has 0 bridgehead atoms. The van der Waals surface area contributed by atoms with Crippen LogP contribution >= 0.6 is 0 Å². The summed E-state index contributed by atoms with van der Waals surface area (Å²) in [5, 5.41) is 3.27. The summed E-state index contributed by atoms with van der Waals surface area (Å²) in [7, 11) is 0. The van der Waals surface area contributed by atoms with E-state index in [-0.39, 0.29) is 5.91 Å². The number of halogens is 1. The van der Waals surface area contributed by atoms with Gasteiger partial charge in [-0.3, -0.25) is 9.69 Å². The van der Waals surface area contributed by atoms with Gasteiger partial charge in [0.15, 0.2) is 0 Å². The van der Waals surface area contributed by atoms with Gasteiger partial charge in [0, 0.05) is 37.1 Å². The lowest BCUT2D eigenvalue weighted by Crippen LogP contribution is -2.42. The van der Waals surface area contributed by atoms with E-state index in [1.807, 2.05) is 4.90 Å². The van der Waals surface area contributed by atoms with Gasteiger partial charge < -0.3 is 11.1 Å². The van der Waals surface area contributed by atoms with Crippen molar-refractivity contribution < 1.29 is 9.18 Å². The third kappa shape index (κ3) is 3.66. The van der Waals surface area contributed by atoms with Gasteiger partial charge in [-0.05, 0) is 18.9 Å². The Morgan fingerprint density at radius 1 is 1.56 bits per heavy atom. The molecule has 0 spiro atoms. The fourth-order valence-corrected chi connectivity index (χ4v) is 2.18. The number of hydrogen-bond donors (Lipinski definition) is 2. The highest BCUT2D eigenvalue weighted by atomic mass is 19.1. The normalized spacial score (nSPS) is 17.6. The molecule has 0 aromatic carbocycles. The molecule has 1 saturated heterocycles. The average Bonchev–Trinajstić information content (AvgIpc) is 2.31. The molecule has 0 unspecified atom stereocenters. The number of likely N-dealkylation sites (tertiary alicyclic amines) is 1. The lowest BCUT2D eigenvalue weighted by Gasteiger charge is -2.31. The van der Waals surface area contributed by atoms with Gasteiger partial charge >= 0.3 is 0 Å². The number of amides is 1. The van der Waals surface area contributed by atoms with Gasteiger partial charge in [0.2, 0.25) is 11.9 Å². The fourth-order valence-electron chi connectivity index (χ4n) is 2.18. The molecule has 0 radical (unpaired) electrons. The Morgan fingerprint density at radius 3 is 2.89 bits per heavy atom. The lowest BCUT2D eigenvalue weighted by atomic mass is 10.0. The van der Waals surface area contributed by atoms with Gasteiger partial charge in [-0.2, -0.15) is 4.39 Å². The summed E-state index contributed by atoms with van der Waals surface area (Å²) in [6, 6.07) is 3.44. The van der Waals surface area contributed by atoms with E-state index in [0.29, 0.717) is 12.6 Å². The van der Waals surface area contributed by atoms with Crippen molar-refractivity contribution in [3.05, 3.63) is 24.3 Å². The Balaban J connectivity index is 1.81. The van der Waals surface area contributed by atoms with E-state index in [9.17, 15) is 9.18 Å². The smallest absolute Gasteiger partial charge is 0.231 e. The van der Waals surface area contributed by atoms with Crippen LogP contribution in [0.25, 0.3) is 0 Å². The van der Waals surface area contributed by atoms with Crippen LogP contribution in [0, 0.1) is 5.95 Å². The maximum Gasteiger partial charge on any atom is 0.231 e. The number of anilines is 1. The topological polar surface area (TPSA) is 71.2 Å². The highest BCUT2D eigenvalue weighted by Gasteiger charge is 2.19. The van der Waals surface area contributed by atoms with E-state index in [2.05, 4.69) is 10.3 Å². The van der Waals surface area contributed by atoms with E-state index in [1.54, 1.807) is 6.07 Å². The van der Waals surface area contributed by atoms with Crippen LogP contribution in [0.5, 0.6) is 0 Å². The number of nitrogens with zero attached hydrogens (tertiary/aromatic N) is 2. The molecule has 1 aliphatic rings. The number of hydrogen-bond acceptors (Lipinski definition) is 4. The Labute approximate surface area is 105 Å². The first-order valence-corrected chi connectivity index (χ1v) is 6.02. The van der Waals surface area contributed by atoms with E-state index in [4.69, 9.17) is 5.73 Å². The van der Waals surface area contributed by atoms with Crippen LogP contribution in [0.4, 0.5) is 10.1 Å². The molecule has 5 nitrogen and oxygen atoms in total. The first kappa shape index (κ1) is 12.8. The maximum atomic E-state index is 12.9. The van der Waals surface area contributed by atoms with Crippen molar-refractivity contribution in [3.63, 3.8) is 0 Å². The molecule has 18 heavy (non-hydrogen) atoms. The number of aromatic nitrogens is 1. The van der Waals surface area contributed by atoms with Gasteiger partial charge in [0.25, 0.3) is 0 Å². The maximum absolute atomic E-state index is 12.9. The fraction of sp³-hybridized carbons (Fsp3) is 0.500. The van der Waals surface area contributed by atoms with Crippen molar-refractivity contribution in [3.8, 4) is 0 Å². The van der Waals surface area contributed by atoms with Crippen LogP contribution in [-0.4, -0.2) is 41.5 Å². The van der Waals surface area contributed by atoms with Crippen molar-refractivity contribution >= 4 is 11.6 Å². The Bertz CT molecular complexity index is 418. The van der Waals surface area contributed by atoms with Crippen LogP contribution in [-0.2, 0) is 4.79 Å². The molecule has 2 rings (SSSR count). The van der Waals surface area contributed by atoms with Crippen LogP contribution in [0.1, 0.15) is 12.8 Å². The summed E-state index contributed by atoms with van der Waals surface area (Å²) < 4.78 is 12.9. The summed E-state index contributed by atoms with van der Waals surface area (Å²) in [4.78, 5) is 16.3. The highest BCUT2D eigenvalue weighted by Crippen LogP contribution is 2.16. The van der Waals surface area contributed by atoms with E-state index in [0.717, 1.165) is 31.6 Å². The zero-order chi connectivity index (χ0) is 13.0. The van der Waals surface area contributed by atoms with Gasteiger partial charge in [-0.15, -0.1) is 0 Å². The Kier molecular flexibility index (Phi) is 4.09. The van der Waals surface area contributed by atoms with Crippen LogP contribution in [0.2, 0.25) is 0 Å². The van der Waals surface area contributed by atoms with E-state index < -0.39 is 5.95 Å². The van der Waals surface area contributed by atoms with Crippen LogP contribution in [0.15, 0.2) is 18.3 Å². The molecular weight excluding hydrogens is 235 g/mol. The second-order valence-corrected chi connectivity index (χ2v) is 4.53. The summed E-state index contributed by atoms with van der Waals surface area (Å²) >= 11 is 0. The SMILES string of the molecule is NC(=O)CN1CCC(Nc2ccnc(F)c2)CC1. The number of primary amides is 1. The largest absolute Gasteiger partial charge is 0.382 e. The number of carbonyl (C=O) groups is 1. The lowest BCUT2D eigenvalue weighted by molar-refractivity contribution is -0.119. The van der Waals surface area contributed by atoms with Crippen molar-refractivity contribution in [2.45, 2.75) is 18.9 Å². The molecule has 1 aromatic rings. The molecule has 3 N–H and O–H groups in total. The summed E-state index contributed by atoms with van der Waals surface area (Å²) in [6.07, 6.45) is 3.27. The monoisotopic (exact) mass is 252 g/mol. The zero-order valence-corrected chi connectivity index (χ0v) is 10.1. The van der Waals surface area contributed by atoms with Crippen molar-refractivity contribution in [2.75, 3.05) is 25.0 Å². The second-order valence-electron chi connectivity index (χ2n) is 4.53. The quantitative estimate of drug-likeness (QED) is 0.769.